The van der Waals surface area contributed by atoms with Gasteiger partial charge in [-0.2, -0.15) is 8.42 Å². The molecule has 0 unspecified atom stereocenters. The van der Waals surface area contributed by atoms with E-state index in [4.69, 9.17) is 19.2 Å². The van der Waals surface area contributed by atoms with Crippen LogP contribution in [-0.4, -0.2) is 85.2 Å². The number of carbonyl (C=O) groups excluding carboxylic acids is 2. The minimum Gasteiger partial charge on any atom is -0.444 e. The lowest BCUT2D eigenvalue weighted by molar-refractivity contribution is 0.0118. The van der Waals surface area contributed by atoms with Crippen molar-refractivity contribution < 1.29 is 31.7 Å². The molecule has 0 aromatic carbocycles. The van der Waals surface area contributed by atoms with Crippen LogP contribution in [0.5, 0.6) is 0 Å². The second-order valence-corrected chi connectivity index (χ2v) is 16.4. The highest BCUT2D eigenvalue weighted by atomic mass is 32.2. The number of hydrogen-bond donors (Lipinski definition) is 0. The van der Waals surface area contributed by atoms with Gasteiger partial charge in [0.2, 0.25) is 0 Å². The van der Waals surface area contributed by atoms with Crippen LogP contribution >= 0.6 is 0 Å². The Hall–Kier alpha value is -2.24. The van der Waals surface area contributed by atoms with E-state index >= 15 is 0 Å². The van der Waals surface area contributed by atoms with E-state index in [1.165, 1.54) is 0 Å². The van der Waals surface area contributed by atoms with Gasteiger partial charge in [0.1, 0.15) is 11.2 Å². The van der Waals surface area contributed by atoms with E-state index < -0.39 is 21.3 Å². The molecule has 244 valence electrons. The Balaban J connectivity index is 0.000000422. The van der Waals surface area contributed by atoms with E-state index in [2.05, 4.69) is 23.9 Å². The van der Waals surface area contributed by atoms with Crippen LogP contribution in [0, 0.1) is 11.8 Å². The van der Waals surface area contributed by atoms with Crippen molar-refractivity contribution in [2.24, 2.45) is 17.0 Å². The summed E-state index contributed by atoms with van der Waals surface area (Å²) >= 11 is 0. The Morgan fingerprint density at radius 3 is 1.62 bits per heavy atom. The molecule has 0 bridgehead atoms. The van der Waals surface area contributed by atoms with Crippen LogP contribution in [0.15, 0.2) is 5.11 Å². The van der Waals surface area contributed by atoms with Crippen molar-refractivity contribution in [1.29, 1.82) is 0 Å². The Morgan fingerprint density at radius 2 is 1.26 bits per heavy atom. The van der Waals surface area contributed by atoms with E-state index in [0.717, 1.165) is 44.9 Å². The van der Waals surface area contributed by atoms with E-state index in [0.29, 0.717) is 31.3 Å². The van der Waals surface area contributed by atoms with Crippen LogP contribution in [0.25, 0.3) is 10.4 Å². The highest BCUT2D eigenvalue weighted by molar-refractivity contribution is 7.85. The molecular weight excluding hydrogens is 562 g/mol. The number of hydrogen-bond acceptors (Lipinski definition) is 8. The molecule has 0 aromatic rings. The number of nitrogens with zero attached hydrogens (tertiary/aromatic N) is 5. The highest BCUT2D eigenvalue weighted by Crippen LogP contribution is 2.37. The first-order valence-electron chi connectivity index (χ1n) is 14.8. The molecule has 2 aliphatic rings. The van der Waals surface area contributed by atoms with Gasteiger partial charge in [-0.05, 0) is 125 Å². The van der Waals surface area contributed by atoms with Crippen LogP contribution in [0.3, 0.4) is 0 Å². The molecule has 42 heavy (non-hydrogen) atoms. The molecule has 2 atom stereocenters. The maximum absolute atomic E-state index is 12.3. The first-order chi connectivity index (χ1) is 19.0. The first kappa shape index (κ1) is 37.8. The van der Waals surface area contributed by atoms with Crippen molar-refractivity contribution in [1.82, 2.24) is 9.80 Å². The molecule has 13 heteroatoms. The average molecular weight is 618 g/mol. The molecular formula is C29H55N5O7S. The Morgan fingerprint density at radius 1 is 0.857 bits per heavy atom. The molecule has 0 spiro atoms. The van der Waals surface area contributed by atoms with E-state index in [1.54, 1.807) is 4.90 Å². The zero-order valence-corrected chi connectivity index (χ0v) is 28.5. The second-order valence-electron chi connectivity index (χ2n) is 14.7. The first-order valence-corrected chi connectivity index (χ1v) is 16.6. The normalized spacial score (nSPS) is 21.7. The zero-order valence-electron chi connectivity index (χ0n) is 27.7. The molecule has 12 nitrogen and oxygen atoms in total. The molecule has 2 aliphatic heterocycles. The molecule has 0 saturated carbocycles. The highest BCUT2D eigenvalue weighted by Gasteiger charge is 2.43. The third kappa shape index (κ3) is 14.3. The molecule has 0 radical (unpaired) electrons. The number of azide groups is 1. The van der Waals surface area contributed by atoms with Crippen molar-refractivity contribution in [3.8, 4) is 0 Å². The summed E-state index contributed by atoms with van der Waals surface area (Å²) in [5.41, 5.74) is 6.86. The third-order valence-corrected chi connectivity index (χ3v) is 7.73. The van der Waals surface area contributed by atoms with Gasteiger partial charge < -0.3 is 19.3 Å². The van der Waals surface area contributed by atoms with Gasteiger partial charge in [0.25, 0.3) is 10.1 Å². The topological polar surface area (TPSA) is 151 Å². The SMILES string of the molecule is CC(C)(C)OC(=O)N1C[C@@H](CCCN=[N+]=[N-])CC1(C)C.CC(C)(C)OC(=O)N1C[C@@H](CCCOS(C)(=O)=O)CC1(C)C. The lowest BCUT2D eigenvalue weighted by atomic mass is 9.93. The standard InChI is InChI=1S/C15H29NO5S.C14H26N4O2/c1-14(2,3)21-13(17)16-11-12(10-15(16,4)5)8-7-9-20-22(6,18)19;1-13(2,3)20-12(19)18-10-11(9-14(18,4)5)7-6-8-16-17-15/h12H,7-11H2,1-6H3;11H,6-10H2,1-5H3/t12-;11-/m00/s1. The summed E-state index contributed by atoms with van der Waals surface area (Å²) in [6.07, 6.45) is 5.71. The summed E-state index contributed by atoms with van der Waals surface area (Å²) in [6, 6.07) is 0. The summed E-state index contributed by atoms with van der Waals surface area (Å²) in [7, 11) is -3.37. The Labute approximate surface area is 253 Å². The lowest BCUT2D eigenvalue weighted by Crippen LogP contribution is -2.45. The maximum Gasteiger partial charge on any atom is 0.410 e. The number of amides is 2. The minimum atomic E-state index is -3.37. The fourth-order valence-corrected chi connectivity index (χ4v) is 5.94. The Bertz CT molecular complexity index is 1060. The van der Waals surface area contributed by atoms with Gasteiger partial charge in [-0.25, -0.2) is 9.59 Å². The van der Waals surface area contributed by atoms with E-state index in [9.17, 15) is 18.0 Å². The van der Waals surface area contributed by atoms with Gasteiger partial charge in [-0.15, -0.1) is 0 Å². The number of ether oxygens (including phenoxy) is 2. The average Bonchev–Trinajstić information content (AvgIpc) is 3.26. The number of rotatable bonds is 9. The van der Waals surface area contributed by atoms with Crippen molar-refractivity contribution in [3.63, 3.8) is 0 Å². The molecule has 2 saturated heterocycles. The summed E-state index contributed by atoms with van der Waals surface area (Å²) in [6.45, 7) is 21.5. The molecule has 0 aliphatic carbocycles. The van der Waals surface area contributed by atoms with E-state index in [1.807, 2.05) is 60.3 Å². The quantitative estimate of drug-likeness (QED) is 0.0898. The monoisotopic (exact) mass is 617 g/mol. The van der Waals surface area contributed by atoms with Crippen LogP contribution in [-0.2, 0) is 23.8 Å². The largest absolute Gasteiger partial charge is 0.444 e. The van der Waals surface area contributed by atoms with Crippen LogP contribution in [0.1, 0.15) is 108 Å². The zero-order chi connectivity index (χ0) is 32.6. The van der Waals surface area contributed by atoms with Gasteiger partial charge in [-0.3, -0.25) is 4.18 Å². The van der Waals surface area contributed by atoms with Crippen LogP contribution in [0.4, 0.5) is 9.59 Å². The third-order valence-electron chi connectivity index (χ3n) is 7.13. The Kier molecular flexibility index (Phi) is 13.5. The summed E-state index contributed by atoms with van der Waals surface area (Å²) in [5.74, 6) is 0.789. The number of carbonyl (C=O) groups is 2. The summed E-state index contributed by atoms with van der Waals surface area (Å²) < 4.78 is 37.5. The van der Waals surface area contributed by atoms with Gasteiger partial charge in [-0.1, -0.05) is 5.11 Å². The summed E-state index contributed by atoms with van der Waals surface area (Å²) in [5, 5.41) is 3.55. The molecule has 0 N–H and O–H groups in total. The van der Waals surface area contributed by atoms with Crippen LogP contribution < -0.4 is 0 Å². The molecule has 0 aromatic heterocycles. The van der Waals surface area contributed by atoms with Gasteiger partial charge >= 0.3 is 12.2 Å². The maximum atomic E-state index is 12.3. The predicted molar refractivity (Wildman–Crippen MR) is 164 cm³/mol. The fraction of sp³-hybridized carbons (Fsp3) is 0.931. The molecule has 2 fully saturated rings. The lowest BCUT2D eigenvalue weighted by Gasteiger charge is -2.33. The predicted octanol–water partition coefficient (Wildman–Crippen LogP) is 6.89. The van der Waals surface area contributed by atoms with Gasteiger partial charge in [0, 0.05) is 35.6 Å². The summed E-state index contributed by atoms with van der Waals surface area (Å²) in [4.78, 5) is 30.9. The van der Waals surface area contributed by atoms with Crippen molar-refractivity contribution in [2.45, 2.75) is 130 Å². The molecule has 2 rings (SSSR count). The number of likely N-dealkylation sites (tertiary alicyclic amines) is 2. The van der Waals surface area contributed by atoms with Gasteiger partial charge in [0.05, 0.1) is 12.9 Å². The van der Waals surface area contributed by atoms with Crippen molar-refractivity contribution in [3.05, 3.63) is 10.4 Å². The molecule has 2 heterocycles. The minimum absolute atomic E-state index is 0.175. The fourth-order valence-electron chi connectivity index (χ4n) is 5.51. The van der Waals surface area contributed by atoms with E-state index in [-0.39, 0.29) is 29.9 Å². The smallest absolute Gasteiger partial charge is 0.410 e. The van der Waals surface area contributed by atoms with Crippen molar-refractivity contribution >= 4 is 22.3 Å². The van der Waals surface area contributed by atoms with Crippen LogP contribution in [0.2, 0.25) is 0 Å². The second kappa shape index (κ2) is 15.0. The van der Waals surface area contributed by atoms with Gasteiger partial charge in [0.15, 0.2) is 0 Å². The molecule has 2 amide bonds. The van der Waals surface area contributed by atoms with Crippen molar-refractivity contribution in [2.75, 3.05) is 32.5 Å².